The molecule has 106 valence electrons. The van der Waals surface area contributed by atoms with Crippen molar-refractivity contribution in [2.24, 2.45) is 0 Å². The third kappa shape index (κ3) is 3.68. The molecule has 0 bridgehead atoms. The number of halogens is 1. The normalized spacial score (nSPS) is 10.6. The molecular weight excluding hydrogens is 324 g/mol. The molecule has 0 unspecified atom stereocenters. The van der Waals surface area contributed by atoms with Crippen molar-refractivity contribution >= 4 is 21.9 Å². The van der Waals surface area contributed by atoms with Gasteiger partial charge in [0.15, 0.2) is 0 Å². The van der Waals surface area contributed by atoms with E-state index in [9.17, 15) is 4.79 Å². The summed E-state index contributed by atoms with van der Waals surface area (Å²) in [6.07, 6.45) is 0. The molecule has 0 atom stereocenters. The molecule has 0 saturated heterocycles. The van der Waals surface area contributed by atoms with E-state index in [-0.39, 0.29) is 5.97 Å². The van der Waals surface area contributed by atoms with E-state index in [2.05, 4.69) is 31.1 Å². The van der Waals surface area contributed by atoms with Crippen LogP contribution in [0.25, 0.3) is 0 Å². The number of nitrogens with one attached hydrogen (secondary N) is 1. The second-order valence-electron chi connectivity index (χ2n) is 4.33. The van der Waals surface area contributed by atoms with Gasteiger partial charge in [0.1, 0.15) is 5.76 Å². The molecule has 0 amide bonds. The van der Waals surface area contributed by atoms with Crippen LogP contribution in [0.4, 0.5) is 0 Å². The van der Waals surface area contributed by atoms with Gasteiger partial charge in [-0.05, 0) is 24.6 Å². The maximum absolute atomic E-state index is 11.4. The van der Waals surface area contributed by atoms with Crippen LogP contribution in [0.15, 0.2) is 33.3 Å². The standard InChI is InChI=1S/C14H15BrN2O3/c1-9-5-12(17-20-9)8-16-7-11-4-3-10(6-13(11)15)14(18)19-2/h3-6,16H,7-8H2,1-2H3. The Hall–Kier alpha value is -1.66. The van der Waals surface area contributed by atoms with Gasteiger partial charge in [0.05, 0.1) is 18.4 Å². The van der Waals surface area contributed by atoms with Crippen molar-refractivity contribution in [1.29, 1.82) is 0 Å². The highest BCUT2D eigenvalue weighted by Gasteiger charge is 2.08. The molecule has 0 fully saturated rings. The molecule has 0 aliphatic rings. The second kappa shape index (κ2) is 6.67. The van der Waals surface area contributed by atoms with Crippen LogP contribution in [0.1, 0.15) is 27.4 Å². The molecule has 1 heterocycles. The van der Waals surface area contributed by atoms with E-state index >= 15 is 0 Å². The summed E-state index contributed by atoms with van der Waals surface area (Å²) in [6.45, 7) is 3.15. The second-order valence-corrected chi connectivity index (χ2v) is 5.18. The Kier molecular flexibility index (Phi) is 4.92. The fourth-order valence-corrected chi connectivity index (χ4v) is 2.28. The highest BCUT2D eigenvalue weighted by molar-refractivity contribution is 9.10. The quantitative estimate of drug-likeness (QED) is 0.849. The molecule has 2 aromatic rings. The lowest BCUT2D eigenvalue weighted by molar-refractivity contribution is 0.0600. The van der Waals surface area contributed by atoms with E-state index in [4.69, 9.17) is 4.52 Å². The lowest BCUT2D eigenvalue weighted by Gasteiger charge is -2.07. The van der Waals surface area contributed by atoms with Gasteiger partial charge < -0.3 is 14.6 Å². The van der Waals surface area contributed by atoms with Gasteiger partial charge in [-0.2, -0.15) is 0 Å². The zero-order valence-electron chi connectivity index (χ0n) is 11.3. The maximum atomic E-state index is 11.4. The Morgan fingerprint density at radius 3 is 2.80 bits per heavy atom. The zero-order valence-corrected chi connectivity index (χ0v) is 12.9. The fourth-order valence-electron chi connectivity index (χ4n) is 1.76. The Labute approximate surface area is 125 Å². The summed E-state index contributed by atoms with van der Waals surface area (Å²) in [6, 6.07) is 7.27. The minimum atomic E-state index is -0.344. The molecule has 0 aliphatic heterocycles. The van der Waals surface area contributed by atoms with Crippen molar-refractivity contribution in [3.05, 3.63) is 51.3 Å². The fraction of sp³-hybridized carbons (Fsp3) is 0.286. The molecule has 1 N–H and O–H groups in total. The number of benzene rings is 1. The molecular formula is C14H15BrN2O3. The lowest BCUT2D eigenvalue weighted by atomic mass is 10.1. The number of hydrogen-bond acceptors (Lipinski definition) is 5. The number of nitrogens with zero attached hydrogens (tertiary/aromatic N) is 1. The predicted octanol–water partition coefficient (Wildman–Crippen LogP) is 2.82. The van der Waals surface area contributed by atoms with E-state index in [0.717, 1.165) is 21.5 Å². The summed E-state index contributed by atoms with van der Waals surface area (Å²) < 4.78 is 10.5. The summed E-state index contributed by atoms with van der Waals surface area (Å²) in [5.74, 6) is 0.452. The monoisotopic (exact) mass is 338 g/mol. The average Bonchev–Trinajstić information content (AvgIpc) is 2.85. The van der Waals surface area contributed by atoms with Crippen LogP contribution in [0.2, 0.25) is 0 Å². The first-order valence-electron chi connectivity index (χ1n) is 6.10. The van der Waals surface area contributed by atoms with Gasteiger partial charge >= 0.3 is 5.97 Å². The number of hydrogen-bond donors (Lipinski definition) is 1. The first-order chi connectivity index (χ1) is 9.60. The molecule has 5 nitrogen and oxygen atoms in total. The highest BCUT2D eigenvalue weighted by Crippen LogP contribution is 2.19. The Morgan fingerprint density at radius 1 is 1.40 bits per heavy atom. The molecule has 0 aliphatic carbocycles. The summed E-state index contributed by atoms with van der Waals surface area (Å²) in [5.41, 5.74) is 2.44. The molecule has 0 spiro atoms. The topological polar surface area (TPSA) is 64.4 Å². The van der Waals surface area contributed by atoms with E-state index in [1.54, 1.807) is 12.1 Å². The molecule has 2 rings (SSSR count). The van der Waals surface area contributed by atoms with Crippen molar-refractivity contribution in [3.63, 3.8) is 0 Å². The third-order valence-electron chi connectivity index (χ3n) is 2.77. The van der Waals surface area contributed by atoms with Crippen LogP contribution < -0.4 is 5.32 Å². The molecule has 0 saturated carbocycles. The highest BCUT2D eigenvalue weighted by atomic mass is 79.9. The van der Waals surface area contributed by atoms with Gasteiger partial charge in [-0.1, -0.05) is 27.2 Å². The van der Waals surface area contributed by atoms with Gasteiger partial charge in [-0.25, -0.2) is 4.79 Å². The molecule has 1 aromatic heterocycles. The number of ether oxygens (including phenoxy) is 1. The predicted molar refractivity (Wildman–Crippen MR) is 77.3 cm³/mol. The average molecular weight is 339 g/mol. The van der Waals surface area contributed by atoms with E-state index in [1.165, 1.54) is 7.11 Å². The number of rotatable bonds is 5. The van der Waals surface area contributed by atoms with Crippen LogP contribution in [0.3, 0.4) is 0 Å². The van der Waals surface area contributed by atoms with Crippen molar-refractivity contribution in [3.8, 4) is 0 Å². The smallest absolute Gasteiger partial charge is 0.337 e. The minimum Gasteiger partial charge on any atom is -0.465 e. The number of carbonyl (C=O) groups excluding carboxylic acids is 1. The van der Waals surface area contributed by atoms with Crippen molar-refractivity contribution in [2.75, 3.05) is 7.11 Å². The van der Waals surface area contributed by atoms with Crippen LogP contribution in [-0.2, 0) is 17.8 Å². The maximum Gasteiger partial charge on any atom is 0.337 e. The zero-order chi connectivity index (χ0) is 14.5. The number of aromatic nitrogens is 1. The first-order valence-corrected chi connectivity index (χ1v) is 6.89. The summed E-state index contributed by atoms with van der Waals surface area (Å²) in [4.78, 5) is 11.4. The Bertz CT molecular complexity index is 610. The van der Waals surface area contributed by atoms with Crippen molar-refractivity contribution < 1.29 is 14.1 Å². The minimum absolute atomic E-state index is 0.344. The Morgan fingerprint density at radius 2 is 2.20 bits per heavy atom. The van der Waals surface area contributed by atoms with E-state index < -0.39 is 0 Å². The van der Waals surface area contributed by atoms with Crippen LogP contribution >= 0.6 is 15.9 Å². The molecule has 20 heavy (non-hydrogen) atoms. The molecule has 1 aromatic carbocycles. The number of esters is 1. The van der Waals surface area contributed by atoms with Gasteiger partial charge in [0, 0.05) is 23.6 Å². The summed E-state index contributed by atoms with van der Waals surface area (Å²) in [7, 11) is 1.37. The van der Waals surface area contributed by atoms with Crippen LogP contribution in [0.5, 0.6) is 0 Å². The Balaban J connectivity index is 1.94. The van der Waals surface area contributed by atoms with E-state index in [0.29, 0.717) is 18.7 Å². The SMILES string of the molecule is COC(=O)c1ccc(CNCc2cc(C)on2)c(Br)c1. The summed E-state index contributed by atoms with van der Waals surface area (Å²) >= 11 is 3.45. The van der Waals surface area contributed by atoms with Crippen LogP contribution in [0, 0.1) is 6.92 Å². The third-order valence-corrected chi connectivity index (χ3v) is 3.51. The summed E-state index contributed by atoms with van der Waals surface area (Å²) in [5, 5.41) is 7.17. The van der Waals surface area contributed by atoms with Crippen molar-refractivity contribution in [1.82, 2.24) is 10.5 Å². The number of aryl methyl sites for hydroxylation is 1. The van der Waals surface area contributed by atoms with Gasteiger partial charge in [0.25, 0.3) is 0 Å². The molecule has 0 radical (unpaired) electrons. The molecule has 6 heteroatoms. The van der Waals surface area contributed by atoms with Crippen LogP contribution in [-0.4, -0.2) is 18.2 Å². The van der Waals surface area contributed by atoms with Gasteiger partial charge in [-0.3, -0.25) is 0 Å². The number of methoxy groups -OCH3 is 1. The number of carbonyl (C=O) groups is 1. The lowest BCUT2D eigenvalue weighted by Crippen LogP contribution is -2.13. The van der Waals surface area contributed by atoms with E-state index in [1.807, 2.05) is 19.1 Å². The largest absolute Gasteiger partial charge is 0.465 e. The van der Waals surface area contributed by atoms with Crippen molar-refractivity contribution in [2.45, 2.75) is 20.0 Å². The van der Waals surface area contributed by atoms with Gasteiger partial charge in [0.2, 0.25) is 0 Å². The van der Waals surface area contributed by atoms with Gasteiger partial charge in [-0.15, -0.1) is 0 Å². The first kappa shape index (κ1) is 14.7.